The van der Waals surface area contributed by atoms with E-state index in [1.807, 2.05) is 0 Å². The van der Waals surface area contributed by atoms with Gasteiger partial charge in [0, 0.05) is 17.1 Å². The van der Waals surface area contributed by atoms with Crippen LogP contribution in [0.2, 0.25) is 0 Å². The molecule has 0 amide bonds. The molecule has 4 heteroatoms. The molecule has 3 nitrogen and oxygen atoms in total. The van der Waals surface area contributed by atoms with E-state index < -0.39 is 5.97 Å². The Balaban J connectivity index is 2.20. The third-order valence-corrected chi connectivity index (χ3v) is 3.77. The molecule has 0 atom stereocenters. The zero-order chi connectivity index (χ0) is 12.9. The first-order valence-corrected chi connectivity index (χ1v) is 5.91. The molecule has 1 heterocycles. The maximum atomic E-state index is 14.0. The van der Waals surface area contributed by atoms with E-state index in [4.69, 9.17) is 9.84 Å². The maximum absolute atomic E-state index is 14.0. The summed E-state index contributed by atoms with van der Waals surface area (Å²) in [6.07, 6.45) is 3.01. The second kappa shape index (κ2) is 3.57. The van der Waals surface area contributed by atoms with Gasteiger partial charge in [-0.1, -0.05) is 12.1 Å². The van der Waals surface area contributed by atoms with Gasteiger partial charge in [0.25, 0.3) is 0 Å². The summed E-state index contributed by atoms with van der Waals surface area (Å²) in [5, 5.41) is 8.96. The van der Waals surface area contributed by atoms with Gasteiger partial charge in [0.15, 0.2) is 11.6 Å². The normalized spacial score (nSPS) is 21.6. The van der Waals surface area contributed by atoms with E-state index in [0.717, 1.165) is 12.8 Å². The lowest BCUT2D eigenvalue weighted by atomic mass is 9.86. The lowest BCUT2D eigenvalue weighted by Gasteiger charge is -2.28. The van der Waals surface area contributed by atoms with Gasteiger partial charge < -0.3 is 9.84 Å². The molecular weight excluding hydrogens is 235 g/mol. The zero-order valence-electron chi connectivity index (χ0n) is 10.00. The molecule has 0 aromatic heterocycles. The first-order valence-electron chi connectivity index (χ1n) is 5.91. The first kappa shape index (κ1) is 11.3. The molecule has 1 aromatic rings. The molecular formula is C14H13FO3. The molecule has 1 aliphatic heterocycles. The summed E-state index contributed by atoms with van der Waals surface area (Å²) in [4.78, 5) is 10.9. The van der Waals surface area contributed by atoms with Crippen LogP contribution in [0.4, 0.5) is 4.39 Å². The van der Waals surface area contributed by atoms with Crippen LogP contribution in [0.5, 0.6) is 5.75 Å². The first-order chi connectivity index (χ1) is 8.53. The molecule has 1 fully saturated rings. The molecule has 1 N–H and O–H groups in total. The van der Waals surface area contributed by atoms with Crippen molar-refractivity contribution in [2.75, 3.05) is 6.61 Å². The Morgan fingerprint density at radius 1 is 1.50 bits per heavy atom. The van der Waals surface area contributed by atoms with Crippen molar-refractivity contribution in [3.8, 4) is 5.75 Å². The van der Waals surface area contributed by atoms with Gasteiger partial charge in [-0.05, 0) is 30.9 Å². The van der Waals surface area contributed by atoms with E-state index in [1.54, 1.807) is 19.1 Å². The fraction of sp³-hybridized carbons (Fsp3) is 0.357. The molecule has 0 saturated heterocycles. The van der Waals surface area contributed by atoms with E-state index >= 15 is 0 Å². The molecule has 1 saturated carbocycles. The number of hydrogen-bond acceptors (Lipinski definition) is 2. The van der Waals surface area contributed by atoms with Crippen molar-refractivity contribution >= 4 is 11.5 Å². The maximum Gasteiger partial charge on any atom is 0.328 e. The van der Waals surface area contributed by atoms with Crippen molar-refractivity contribution in [1.29, 1.82) is 0 Å². The summed E-state index contributed by atoms with van der Waals surface area (Å²) in [6.45, 7) is 2.04. The number of aliphatic carboxylic acids is 1. The summed E-state index contributed by atoms with van der Waals surface area (Å²) in [7, 11) is 0. The van der Waals surface area contributed by atoms with Crippen LogP contribution in [0.15, 0.2) is 18.2 Å². The zero-order valence-corrected chi connectivity index (χ0v) is 10.00. The smallest absolute Gasteiger partial charge is 0.328 e. The lowest BCUT2D eigenvalue weighted by molar-refractivity contribution is -0.131. The quantitative estimate of drug-likeness (QED) is 0.777. The summed E-state index contributed by atoms with van der Waals surface area (Å²) in [5.74, 6) is -1.19. The summed E-state index contributed by atoms with van der Waals surface area (Å²) in [6, 6.07) is 3.41. The number of hydrogen-bond donors (Lipinski definition) is 1. The van der Waals surface area contributed by atoms with Gasteiger partial charge in [0.2, 0.25) is 0 Å². The topological polar surface area (TPSA) is 46.5 Å². The number of carboxylic acid groups (broad SMARTS) is 1. The van der Waals surface area contributed by atoms with E-state index in [9.17, 15) is 9.18 Å². The van der Waals surface area contributed by atoms with Crippen LogP contribution in [0, 0.1) is 18.2 Å². The Hall–Kier alpha value is -1.84. The van der Waals surface area contributed by atoms with Crippen LogP contribution in [-0.2, 0) is 4.79 Å². The van der Waals surface area contributed by atoms with Gasteiger partial charge in [0.1, 0.15) is 0 Å². The Morgan fingerprint density at radius 2 is 2.22 bits per heavy atom. The molecule has 0 unspecified atom stereocenters. The fourth-order valence-corrected chi connectivity index (χ4v) is 2.50. The average Bonchev–Trinajstić information content (AvgIpc) is 3.08. The molecule has 18 heavy (non-hydrogen) atoms. The highest BCUT2D eigenvalue weighted by molar-refractivity contribution is 5.94. The molecule has 3 rings (SSSR count). The van der Waals surface area contributed by atoms with Crippen molar-refractivity contribution in [2.24, 2.45) is 5.41 Å². The number of ether oxygens (including phenoxy) is 1. The Bertz CT molecular complexity index is 571. The molecule has 1 aromatic carbocycles. The minimum atomic E-state index is -0.995. The van der Waals surface area contributed by atoms with Gasteiger partial charge in [0.05, 0.1) is 6.61 Å². The van der Waals surface area contributed by atoms with E-state index in [-0.39, 0.29) is 17.0 Å². The van der Waals surface area contributed by atoms with Crippen LogP contribution in [0.25, 0.3) is 5.57 Å². The summed E-state index contributed by atoms with van der Waals surface area (Å²) in [5.41, 5.74) is 1.60. The van der Waals surface area contributed by atoms with Gasteiger partial charge >= 0.3 is 5.97 Å². The van der Waals surface area contributed by atoms with Crippen LogP contribution >= 0.6 is 0 Å². The van der Waals surface area contributed by atoms with Crippen molar-refractivity contribution in [3.63, 3.8) is 0 Å². The Kier molecular flexibility index (Phi) is 2.24. The SMILES string of the molecule is Cc1ccc2c(c1F)OCC1(CC1)/C2=C\C(=O)O. The van der Waals surface area contributed by atoms with Crippen LogP contribution in [-0.4, -0.2) is 17.7 Å². The minimum absolute atomic E-state index is 0.194. The highest BCUT2D eigenvalue weighted by Gasteiger charge is 2.51. The number of benzene rings is 1. The predicted molar refractivity (Wildman–Crippen MR) is 63.9 cm³/mol. The Morgan fingerprint density at radius 3 is 2.83 bits per heavy atom. The number of carbonyl (C=O) groups is 1. The molecule has 1 spiro atoms. The van der Waals surface area contributed by atoms with Gasteiger partial charge in [-0.2, -0.15) is 0 Å². The van der Waals surface area contributed by atoms with Crippen LogP contribution in [0.3, 0.4) is 0 Å². The van der Waals surface area contributed by atoms with E-state index in [0.29, 0.717) is 23.3 Å². The van der Waals surface area contributed by atoms with Gasteiger partial charge in [-0.15, -0.1) is 0 Å². The highest BCUT2D eigenvalue weighted by atomic mass is 19.1. The van der Waals surface area contributed by atoms with Crippen LogP contribution in [0.1, 0.15) is 24.0 Å². The third-order valence-electron chi connectivity index (χ3n) is 3.77. The standard InChI is InChI=1S/C14H13FO3/c1-8-2-3-9-10(6-11(16)17)14(4-5-14)7-18-13(9)12(8)15/h2-3,6H,4-5,7H2,1H3,(H,16,17)/b10-6-. The molecule has 2 aliphatic rings. The Labute approximate surface area is 104 Å². The third kappa shape index (κ3) is 1.52. The fourth-order valence-electron chi connectivity index (χ4n) is 2.50. The number of halogens is 1. The average molecular weight is 248 g/mol. The van der Waals surface area contributed by atoms with Crippen molar-refractivity contribution in [1.82, 2.24) is 0 Å². The van der Waals surface area contributed by atoms with Crippen LogP contribution < -0.4 is 4.74 Å². The van der Waals surface area contributed by atoms with E-state index in [2.05, 4.69) is 0 Å². The van der Waals surface area contributed by atoms with Crippen molar-refractivity contribution < 1.29 is 19.0 Å². The molecule has 0 radical (unpaired) electrons. The lowest BCUT2D eigenvalue weighted by Crippen LogP contribution is -2.23. The second-order valence-electron chi connectivity index (χ2n) is 5.04. The minimum Gasteiger partial charge on any atom is -0.489 e. The van der Waals surface area contributed by atoms with Crippen molar-refractivity contribution in [3.05, 3.63) is 35.2 Å². The monoisotopic (exact) mass is 248 g/mol. The molecule has 1 aliphatic carbocycles. The van der Waals surface area contributed by atoms with E-state index in [1.165, 1.54) is 6.08 Å². The number of fused-ring (bicyclic) bond motifs is 1. The van der Waals surface area contributed by atoms with Gasteiger partial charge in [-0.3, -0.25) is 0 Å². The largest absolute Gasteiger partial charge is 0.489 e. The molecule has 0 bridgehead atoms. The van der Waals surface area contributed by atoms with Crippen molar-refractivity contribution in [2.45, 2.75) is 19.8 Å². The second-order valence-corrected chi connectivity index (χ2v) is 5.04. The number of carboxylic acids is 1. The summed E-state index contributed by atoms with van der Waals surface area (Å²) < 4.78 is 19.5. The summed E-state index contributed by atoms with van der Waals surface area (Å²) >= 11 is 0. The number of rotatable bonds is 1. The highest BCUT2D eigenvalue weighted by Crippen LogP contribution is 2.59. The predicted octanol–water partition coefficient (Wildman–Crippen LogP) is 2.77. The molecule has 94 valence electrons. The number of aryl methyl sites for hydroxylation is 1. The van der Waals surface area contributed by atoms with Gasteiger partial charge in [-0.25, -0.2) is 9.18 Å².